The summed E-state index contributed by atoms with van der Waals surface area (Å²) in [6.45, 7) is 2.82. The van der Waals surface area contributed by atoms with Gasteiger partial charge >= 0.3 is 6.00 Å². The first-order chi connectivity index (χ1) is 10.8. The van der Waals surface area contributed by atoms with Gasteiger partial charge in [-0.05, 0) is 85.2 Å². The average molecular weight is 467 g/mol. The maximum Gasteiger partial charge on any atom is 0.341 e. The molecule has 0 spiro atoms. The summed E-state index contributed by atoms with van der Waals surface area (Å²) in [7, 11) is 0. The van der Waals surface area contributed by atoms with Crippen molar-refractivity contribution in [2.45, 2.75) is 83.3 Å². The first kappa shape index (κ1) is 20.6. The molecule has 0 amide bonds. The molecule has 0 radical (unpaired) electrons. The van der Waals surface area contributed by atoms with Crippen LogP contribution in [0.15, 0.2) is 0 Å². The van der Waals surface area contributed by atoms with E-state index in [1.807, 2.05) is 0 Å². The van der Waals surface area contributed by atoms with Crippen LogP contribution in [0.1, 0.15) is 65.2 Å². The molecule has 4 aliphatic rings. The van der Waals surface area contributed by atoms with Crippen LogP contribution in [0.2, 0.25) is 18.1 Å². The fraction of sp³-hybridized carbons (Fsp3) is 1.00. The third kappa shape index (κ3) is 5.03. The maximum atomic E-state index is 6.63. The lowest BCUT2D eigenvalue weighted by atomic mass is 9.40. The standard InChI is InChI=1S/C17H29Cl5Si2/c1-15-8-14-9-16(2,11-15)13-17(10-14,12-15)4-3-5-23(18,19)6-7-24(20,21)22/h14H,3-13H2,1-2H3. The Morgan fingerprint density at radius 3 is 1.88 bits per heavy atom. The Morgan fingerprint density at radius 2 is 1.38 bits per heavy atom. The van der Waals surface area contributed by atoms with Gasteiger partial charge < -0.3 is 0 Å². The Bertz CT molecular complexity index is 472. The molecular weight excluding hydrogens is 438 g/mol. The molecule has 0 saturated heterocycles. The molecule has 4 fully saturated rings. The van der Waals surface area contributed by atoms with Crippen LogP contribution in [0.5, 0.6) is 0 Å². The third-order valence-corrected chi connectivity index (χ3v) is 14.1. The molecule has 24 heavy (non-hydrogen) atoms. The van der Waals surface area contributed by atoms with E-state index in [0.717, 1.165) is 24.4 Å². The predicted molar refractivity (Wildman–Crippen MR) is 114 cm³/mol. The van der Waals surface area contributed by atoms with Gasteiger partial charge in [0, 0.05) is 0 Å². The van der Waals surface area contributed by atoms with E-state index >= 15 is 0 Å². The number of halogens is 5. The van der Waals surface area contributed by atoms with Gasteiger partial charge in [-0.15, -0.1) is 55.4 Å². The fourth-order valence-corrected chi connectivity index (χ4v) is 15.7. The summed E-state index contributed by atoms with van der Waals surface area (Å²) in [6.07, 6.45) is 11.1. The quantitative estimate of drug-likeness (QED) is 0.261. The molecular formula is C17H29Cl5Si2. The van der Waals surface area contributed by atoms with E-state index in [1.54, 1.807) is 0 Å². The smallest absolute Gasteiger partial charge is 0.146 e. The van der Waals surface area contributed by atoms with Crippen LogP contribution >= 0.6 is 55.4 Å². The van der Waals surface area contributed by atoms with Crippen LogP contribution in [0.4, 0.5) is 0 Å². The molecule has 4 saturated carbocycles. The van der Waals surface area contributed by atoms with Crippen molar-refractivity contribution in [3.05, 3.63) is 0 Å². The second-order valence-corrected chi connectivity index (χ2v) is 26.9. The molecule has 0 nitrogen and oxygen atoms in total. The molecule has 140 valence electrons. The largest absolute Gasteiger partial charge is 0.341 e. The van der Waals surface area contributed by atoms with Crippen LogP contribution < -0.4 is 0 Å². The van der Waals surface area contributed by atoms with Gasteiger partial charge in [0.2, 0.25) is 0 Å². The first-order valence-electron chi connectivity index (χ1n) is 9.27. The van der Waals surface area contributed by atoms with Crippen LogP contribution in [0, 0.1) is 22.2 Å². The molecule has 7 heteroatoms. The van der Waals surface area contributed by atoms with Gasteiger partial charge in [-0.2, -0.15) is 0 Å². The molecule has 0 aromatic carbocycles. The molecule has 4 rings (SSSR count). The van der Waals surface area contributed by atoms with E-state index in [1.165, 1.54) is 44.9 Å². The normalized spacial score (nSPS) is 41.9. The Labute approximate surface area is 172 Å². The highest BCUT2D eigenvalue weighted by atomic mass is 35.8. The van der Waals surface area contributed by atoms with Gasteiger partial charge in [0.1, 0.15) is 0 Å². The zero-order chi connectivity index (χ0) is 17.9. The molecule has 0 N–H and O–H groups in total. The summed E-state index contributed by atoms with van der Waals surface area (Å²) in [5.41, 5.74) is 1.74. The lowest BCUT2D eigenvalue weighted by molar-refractivity contribution is -0.147. The van der Waals surface area contributed by atoms with Crippen molar-refractivity contribution in [2.75, 3.05) is 0 Å². The molecule has 4 bridgehead atoms. The molecule has 2 unspecified atom stereocenters. The number of hydrogen-bond donors (Lipinski definition) is 0. The van der Waals surface area contributed by atoms with Crippen LogP contribution in [-0.4, -0.2) is 12.7 Å². The van der Waals surface area contributed by atoms with Gasteiger partial charge in [-0.3, -0.25) is 0 Å². The summed E-state index contributed by atoms with van der Waals surface area (Å²) in [5, 5.41) is 0. The van der Waals surface area contributed by atoms with Crippen molar-refractivity contribution in [1.29, 1.82) is 0 Å². The van der Waals surface area contributed by atoms with Gasteiger partial charge in [-0.1, -0.05) is 20.3 Å². The van der Waals surface area contributed by atoms with E-state index < -0.39 is 12.7 Å². The van der Waals surface area contributed by atoms with Gasteiger partial charge in [0.05, 0.1) is 0 Å². The van der Waals surface area contributed by atoms with Crippen molar-refractivity contribution >= 4 is 68.1 Å². The minimum absolute atomic E-state index is 0.561. The summed E-state index contributed by atoms with van der Waals surface area (Å²) >= 11 is 31.2. The van der Waals surface area contributed by atoms with Crippen LogP contribution in [0.25, 0.3) is 0 Å². The molecule has 2 atom stereocenters. The molecule has 0 aromatic heterocycles. The maximum absolute atomic E-state index is 6.63. The zero-order valence-electron chi connectivity index (χ0n) is 14.7. The van der Waals surface area contributed by atoms with E-state index in [-0.39, 0.29) is 0 Å². The Morgan fingerprint density at radius 1 is 0.792 bits per heavy atom. The number of rotatable bonds is 7. The highest BCUT2D eigenvalue weighted by Gasteiger charge is 2.59. The second-order valence-electron chi connectivity index (χ2n) is 9.95. The second kappa shape index (κ2) is 6.74. The summed E-state index contributed by atoms with van der Waals surface area (Å²) < 4.78 is 0. The minimum Gasteiger partial charge on any atom is -0.146 e. The third-order valence-electron chi connectivity index (χ3n) is 6.77. The zero-order valence-corrected chi connectivity index (χ0v) is 20.5. The van der Waals surface area contributed by atoms with Crippen LogP contribution in [-0.2, 0) is 0 Å². The van der Waals surface area contributed by atoms with Gasteiger partial charge in [0.25, 0.3) is 6.69 Å². The lowest BCUT2D eigenvalue weighted by Gasteiger charge is -2.65. The van der Waals surface area contributed by atoms with E-state index in [0.29, 0.717) is 22.3 Å². The van der Waals surface area contributed by atoms with Crippen molar-refractivity contribution in [1.82, 2.24) is 0 Å². The van der Waals surface area contributed by atoms with E-state index in [9.17, 15) is 0 Å². The average Bonchev–Trinajstić information content (AvgIpc) is 2.30. The van der Waals surface area contributed by atoms with Gasteiger partial charge in [-0.25, -0.2) is 0 Å². The predicted octanol–water partition coefficient (Wildman–Crippen LogP) is 8.34. The number of hydrogen-bond acceptors (Lipinski definition) is 0. The van der Waals surface area contributed by atoms with E-state index in [2.05, 4.69) is 13.8 Å². The SMILES string of the molecule is CC12CC3CC(C)(C1)CC(CCC[Si](Cl)(Cl)CC[Si](Cl)(Cl)Cl)(C3)C2. The Balaban J connectivity index is 1.55. The van der Waals surface area contributed by atoms with Gasteiger partial charge in [0.15, 0.2) is 0 Å². The molecule has 0 aliphatic heterocycles. The summed E-state index contributed by atoms with van der Waals surface area (Å²) in [6, 6.07) is -0.328. The monoisotopic (exact) mass is 464 g/mol. The van der Waals surface area contributed by atoms with Crippen molar-refractivity contribution in [3.63, 3.8) is 0 Å². The van der Waals surface area contributed by atoms with Crippen molar-refractivity contribution in [2.24, 2.45) is 22.2 Å². The topological polar surface area (TPSA) is 0 Å². The minimum atomic E-state index is -2.60. The van der Waals surface area contributed by atoms with E-state index in [4.69, 9.17) is 55.4 Å². The van der Waals surface area contributed by atoms with Crippen molar-refractivity contribution in [3.8, 4) is 0 Å². The summed E-state index contributed by atoms with van der Waals surface area (Å²) in [4.78, 5) is 0. The van der Waals surface area contributed by atoms with Crippen molar-refractivity contribution < 1.29 is 0 Å². The fourth-order valence-electron chi connectivity index (χ4n) is 7.13. The summed E-state index contributed by atoms with van der Waals surface area (Å²) in [5.74, 6) is 0.959. The Hall–Kier alpha value is 1.88. The molecule has 0 heterocycles. The lowest BCUT2D eigenvalue weighted by Crippen LogP contribution is -2.54. The highest BCUT2D eigenvalue weighted by molar-refractivity contribution is 7.65. The first-order valence-corrected chi connectivity index (χ1v) is 18.9. The Kier molecular flexibility index (Phi) is 5.79. The molecule has 4 aliphatic carbocycles. The molecule has 0 aromatic rings. The van der Waals surface area contributed by atoms with Crippen LogP contribution in [0.3, 0.4) is 0 Å². The highest BCUT2D eigenvalue weighted by Crippen LogP contribution is 2.70.